The van der Waals surface area contributed by atoms with Gasteiger partial charge in [0.25, 0.3) is 0 Å². The maximum atomic E-state index is 8.90. The molecule has 0 radical (unpaired) electrons. The van der Waals surface area contributed by atoms with E-state index in [2.05, 4.69) is 36.2 Å². The van der Waals surface area contributed by atoms with Gasteiger partial charge in [0.15, 0.2) is 0 Å². The lowest BCUT2D eigenvalue weighted by Gasteiger charge is -2.04. The highest BCUT2D eigenvalue weighted by Gasteiger charge is 2.11. The second kappa shape index (κ2) is 5.85. The van der Waals surface area contributed by atoms with Crippen molar-refractivity contribution in [2.24, 2.45) is 5.16 Å². The van der Waals surface area contributed by atoms with Crippen LogP contribution in [0, 0.1) is 13.8 Å². The van der Waals surface area contributed by atoms with E-state index in [1.807, 2.05) is 42.6 Å². The van der Waals surface area contributed by atoms with Gasteiger partial charge in [0, 0.05) is 17.3 Å². The Morgan fingerprint density at radius 2 is 1.82 bits per heavy atom. The molecule has 0 aliphatic carbocycles. The zero-order valence-corrected chi connectivity index (χ0v) is 12.6. The Labute approximate surface area is 129 Å². The Hall–Kier alpha value is -2.88. The van der Waals surface area contributed by atoms with Crippen molar-refractivity contribution in [2.45, 2.75) is 13.8 Å². The molecule has 0 atom stereocenters. The van der Waals surface area contributed by atoms with E-state index in [1.54, 1.807) is 4.68 Å². The molecular formula is C18H17N3O. The maximum absolute atomic E-state index is 8.90. The third-order valence-corrected chi connectivity index (χ3v) is 3.74. The van der Waals surface area contributed by atoms with Crippen molar-refractivity contribution in [3.8, 4) is 16.9 Å². The van der Waals surface area contributed by atoms with E-state index in [0.717, 1.165) is 22.5 Å². The maximum Gasteiger partial charge on any atom is 0.102 e. The second-order valence-electron chi connectivity index (χ2n) is 5.26. The van der Waals surface area contributed by atoms with Crippen molar-refractivity contribution < 1.29 is 5.21 Å². The Morgan fingerprint density at radius 3 is 2.50 bits per heavy atom. The zero-order chi connectivity index (χ0) is 15.5. The molecule has 4 nitrogen and oxygen atoms in total. The fraction of sp³-hybridized carbons (Fsp3) is 0.111. The fourth-order valence-corrected chi connectivity index (χ4v) is 2.37. The lowest BCUT2D eigenvalue weighted by Crippen LogP contribution is -1.94. The number of hydrogen-bond acceptors (Lipinski definition) is 3. The third-order valence-electron chi connectivity index (χ3n) is 3.74. The number of oxime groups is 1. The summed E-state index contributed by atoms with van der Waals surface area (Å²) in [5.74, 6) is 0. The summed E-state index contributed by atoms with van der Waals surface area (Å²) in [5.41, 5.74) is 5.99. The van der Waals surface area contributed by atoms with Crippen LogP contribution in [0.1, 0.15) is 16.7 Å². The number of para-hydroxylation sites is 1. The molecule has 0 bridgehead atoms. The van der Waals surface area contributed by atoms with Gasteiger partial charge >= 0.3 is 0 Å². The summed E-state index contributed by atoms with van der Waals surface area (Å²) in [4.78, 5) is 0. The summed E-state index contributed by atoms with van der Waals surface area (Å²) in [7, 11) is 0. The van der Waals surface area contributed by atoms with Gasteiger partial charge in [-0.15, -0.1) is 0 Å². The fourth-order valence-electron chi connectivity index (χ4n) is 2.37. The molecule has 0 unspecified atom stereocenters. The molecule has 1 aromatic heterocycles. The largest absolute Gasteiger partial charge is 0.411 e. The highest BCUT2D eigenvalue weighted by molar-refractivity contribution is 5.88. The van der Waals surface area contributed by atoms with E-state index in [1.165, 1.54) is 17.3 Å². The van der Waals surface area contributed by atoms with E-state index >= 15 is 0 Å². The minimum Gasteiger partial charge on any atom is -0.411 e. The molecule has 3 aromatic rings. The Morgan fingerprint density at radius 1 is 1.05 bits per heavy atom. The normalized spacial score (nSPS) is 11.2. The predicted molar refractivity (Wildman–Crippen MR) is 87.9 cm³/mol. The molecular weight excluding hydrogens is 274 g/mol. The molecule has 22 heavy (non-hydrogen) atoms. The van der Waals surface area contributed by atoms with Crippen LogP contribution < -0.4 is 0 Å². The lowest BCUT2D eigenvalue weighted by molar-refractivity contribution is 0.322. The second-order valence-corrected chi connectivity index (χ2v) is 5.26. The topological polar surface area (TPSA) is 50.4 Å². The van der Waals surface area contributed by atoms with Crippen LogP contribution in [0.4, 0.5) is 0 Å². The first kappa shape index (κ1) is 14.1. The van der Waals surface area contributed by atoms with Crippen molar-refractivity contribution in [1.82, 2.24) is 9.78 Å². The van der Waals surface area contributed by atoms with Crippen molar-refractivity contribution in [2.75, 3.05) is 0 Å². The van der Waals surface area contributed by atoms with Gasteiger partial charge < -0.3 is 5.21 Å². The van der Waals surface area contributed by atoms with Gasteiger partial charge in [0.1, 0.15) is 5.69 Å². The quantitative estimate of drug-likeness (QED) is 0.451. The van der Waals surface area contributed by atoms with Crippen LogP contribution in [0.5, 0.6) is 0 Å². The van der Waals surface area contributed by atoms with Gasteiger partial charge in [-0.3, -0.25) is 0 Å². The van der Waals surface area contributed by atoms with Gasteiger partial charge in [-0.2, -0.15) is 5.10 Å². The Kier molecular flexibility index (Phi) is 3.74. The summed E-state index contributed by atoms with van der Waals surface area (Å²) in [6.07, 6.45) is 3.27. The van der Waals surface area contributed by atoms with Gasteiger partial charge in [-0.25, -0.2) is 4.68 Å². The minimum atomic E-state index is 0.773. The third kappa shape index (κ3) is 2.63. The Balaban J connectivity index is 2.14. The number of hydrogen-bond donors (Lipinski definition) is 1. The predicted octanol–water partition coefficient (Wildman–Crippen LogP) is 3.96. The van der Waals surface area contributed by atoms with Crippen LogP contribution in [0.2, 0.25) is 0 Å². The van der Waals surface area contributed by atoms with Crippen LogP contribution in [0.3, 0.4) is 0 Å². The molecule has 0 fully saturated rings. The molecule has 0 spiro atoms. The molecule has 0 aliphatic rings. The smallest absolute Gasteiger partial charge is 0.102 e. The monoisotopic (exact) mass is 291 g/mol. The average molecular weight is 291 g/mol. The average Bonchev–Trinajstić information content (AvgIpc) is 2.95. The molecule has 3 rings (SSSR count). The van der Waals surface area contributed by atoms with Gasteiger partial charge in [0.2, 0.25) is 0 Å². The molecule has 0 amide bonds. The van der Waals surface area contributed by atoms with Crippen LogP contribution in [0.15, 0.2) is 59.9 Å². The zero-order valence-electron chi connectivity index (χ0n) is 12.6. The first-order valence-electron chi connectivity index (χ1n) is 7.09. The number of benzene rings is 2. The van der Waals surface area contributed by atoms with Crippen molar-refractivity contribution >= 4 is 6.21 Å². The van der Waals surface area contributed by atoms with Crippen molar-refractivity contribution in [1.29, 1.82) is 0 Å². The van der Waals surface area contributed by atoms with Crippen molar-refractivity contribution in [3.05, 3.63) is 71.4 Å². The molecule has 1 heterocycles. The SMILES string of the molecule is Cc1ccc(-c2nn(-c3ccccc3)cc2/C=N\O)cc1C. The molecule has 2 aromatic carbocycles. The van der Waals surface area contributed by atoms with Crippen LogP contribution in [-0.4, -0.2) is 21.2 Å². The van der Waals surface area contributed by atoms with Crippen molar-refractivity contribution in [3.63, 3.8) is 0 Å². The first-order chi connectivity index (χ1) is 10.7. The lowest BCUT2D eigenvalue weighted by atomic mass is 10.0. The van der Waals surface area contributed by atoms with Crippen LogP contribution >= 0.6 is 0 Å². The van der Waals surface area contributed by atoms with Crippen LogP contribution in [-0.2, 0) is 0 Å². The number of aryl methyl sites for hydroxylation is 2. The summed E-state index contributed by atoms with van der Waals surface area (Å²) >= 11 is 0. The highest BCUT2D eigenvalue weighted by atomic mass is 16.4. The number of rotatable bonds is 3. The van der Waals surface area contributed by atoms with Gasteiger partial charge in [0.05, 0.1) is 11.9 Å². The summed E-state index contributed by atoms with van der Waals surface area (Å²) in [6, 6.07) is 16.1. The molecule has 0 saturated heterocycles. The number of aromatic nitrogens is 2. The van der Waals surface area contributed by atoms with E-state index in [9.17, 15) is 0 Å². The number of nitrogens with zero attached hydrogens (tertiary/aromatic N) is 3. The Bertz CT molecular complexity index is 820. The van der Waals surface area contributed by atoms with Gasteiger partial charge in [-0.1, -0.05) is 35.5 Å². The van der Waals surface area contributed by atoms with Gasteiger partial charge in [-0.05, 0) is 43.2 Å². The molecule has 4 heteroatoms. The molecule has 110 valence electrons. The summed E-state index contributed by atoms with van der Waals surface area (Å²) in [6.45, 7) is 4.16. The standard InChI is InChI=1S/C18H17N3O/c1-13-8-9-15(10-14(13)2)18-16(11-19-22)12-21(20-18)17-6-4-3-5-7-17/h3-12,22H,1-2H3/b19-11-. The minimum absolute atomic E-state index is 0.773. The van der Waals surface area contributed by atoms with E-state index in [4.69, 9.17) is 5.21 Å². The van der Waals surface area contributed by atoms with E-state index < -0.39 is 0 Å². The molecule has 0 aliphatic heterocycles. The van der Waals surface area contributed by atoms with E-state index in [0.29, 0.717) is 0 Å². The van der Waals surface area contributed by atoms with E-state index in [-0.39, 0.29) is 0 Å². The van der Waals surface area contributed by atoms with Crippen LogP contribution in [0.25, 0.3) is 16.9 Å². The first-order valence-corrected chi connectivity index (χ1v) is 7.09. The highest BCUT2D eigenvalue weighted by Crippen LogP contribution is 2.24. The molecule has 0 saturated carbocycles. The summed E-state index contributed by atoms with van der Waals surface area (Å²) in [5, 5.41) is 16.7. The molecule has 1 N–H and O–H groups in total. The summed E-state index contributed by atoms with van der Waals surface area (Å²) < 4.78 is 1.79.